The van der Waals surface area contributed by atoms with E-state index in [1.54, 1.807) is 0 Å². The molecule has 0 aliphatic heterocycles. The van der Waals surface area contributed by atoms with Gasteiger partial charge in [0.15, 0.2) is 6.10 Å². The molecule has 0 bridgehead atoms. The van der Waals surface area contributed by atoms with Gasteiger partial charge >= 0.3 is 17.9 Å². The van der Waals surface area contributed by atoms with Crippen LogP contribution in [0.15, 0.2) is 0 Å². The molecule has 0 N–H and O–H groups in total. The molecule has 302 valence electrons. The molecule has 0 aromatic rings. The average molecular weight is 723 g/mol. The molecular weight excluding hydrogens is 636 g/mol. The van der Waals surface area contributed by atoms with Crippen LogP contribution in [-0.4, -0.2) is 37.2 Å². The lowest BCUT2D eigenvalue weighted by atomic mass is 10.0. The zero-order valence-electron chi connectivity index (χ0n) is 34.7. The largest absolute Gasteiger partial charge is 0.462 e. The summed E-state index contributed by atoms with van der Waals surface area (Å²) < 4.78 is 16.7. The Kier molecular flexibility index (Phi) is 37.0. The number of hydrogen-bond acceptors (Lipinski definition) is 6. The lowest BCUT2D eigenvalue weighted by Crippen LogP contribution is -2.30. The minimum Gasteiger partial charge on any atom is -0.462 e. The van der Waals surface area contributed by atoms with Crippen LogP contribution in [0.3, 0.4) is 0 Å². The van der Waals surface area contributed by atoms with Gasteiger partial charge in [-0.3, -0.25) is 14.4 Å². The third-order valence-corrected chi connectivity index (χ3v) is 9.97. The second kappa shape index (κ2) is 38.1. The predicted molar refractivity (Wildman–Crippen MR) is 215 cm³/mol. The van der Waals surface area contributed by atoms with Gasteiger partial charge in [0, 0.05) is 19.3 Å². The van der Waals surface area contributed by atoms with E-state index in [1.807, 2.05) is 0 Å². The zero-order chi connectivity index (χ0) is 37.6. The van der Waals surface area contributed by atoms with Crippen LogP contribution in [0, 0.1) is 11.8 Å². The molecule has 0 aliphatic rings. The Balaban J connectivity index is 4.32. The molecule has 0 rings (SSSR count). The summed E-state index contributed by atoms with van der Waals surface area (Å²) in [5.41, 5.74) is 0. The molecular formula is C45H86O6. The van der Waals surface area contributed by atoms with Crippen molar-refractivity contribution in [3.63, 3.8) is 0 Å². The summed E-state index contributed by atoms with van der Waals surface area (Å²) in [7, 11) is 0. The molecule has 51 heavy (non-hydrogen) atoms. The van der Waals surface area contributed by atoms with Crippen LogP contribution in [-0.2, 0) is 28.6 Å². The second-order valence-electron chi connectivity index (χ2n) is 16.3. The molecule has 0 aromatic carbocycles. The molecule has 0 saturated heterocycles. The van der Waals surface area contributed by atoms with Crippen molar-refractivity contribution in [2.45, 2.75) is 246 Å². The number of ether oxygens (including phenoxy) is 3. The van der Waals surface area contributed by atoms with Gasteiger partial charge in [0.25, 0.3) is 0 Å². The SMILES string of the molecule is CCCCCCCCCCCC(=O)OC[C@@H](COC(=O)CCCCCCCCCCCCC(C)C)OC(=O)CCCCCCCCCCC(C)C. The summed E-state index contributed by atoms with van der Waals surface area (Å²) in [6, 6.07) is 0. The second-order valence-corrected chi connectivity index (χ2v) is 16.3. The Morgan fingerprint density at radius 2 is 0.647 bits per heavy atom. The van der Waals surface area contributed by atoms with E-state index in [1.165, 1.54) is 128 Å². The molecule has 0 aromatic heterocycles. The lowest BCUT2D eigenvalue weighted by molar-refractivity contribution is -0.167. The summed E-state index contributed by atoms with van der Waals surface area (Å²) in [4.78, 5) is 37.6. The van der Waals surface area contributed by atoms with Gasteiger partial charge in [-0.1, -0.05) is 202 Å². The zero-order valence-corrected chi connectivity index (χ0v) is 34.7. The fourth-order valence-electron chi connectivity index (χ4n) is 6.58. The number of esters is 3. The molecule has 0 amide bonds. The van der Waals surface area contributed by atoms with E-state index >= 15 is 0 Å². The molecule has 1 atom stereocenters. The van der Waals surface area contributed by atoms with Gasteiger partial charge in [0.2, 0.25) is 0 Å². The van der Waals surface area contributed by atoms with E-state index in [0.29, 0.717) is 19.3 Å². The molecule has 0 spiro atoms. The standard InChI is InChI=1S/C45H86O6/c1-6-7-8-9-10-13-20-25-30-35-43(46)49-38-42(51-45(48)37-32-27-22-17-16-19-24-29-34-41(4)5)39-50-44(47)36-31-26-21-15-12-11-14-18-23-28-33-40(2)3/h40-42H,6-39H2,1-5H3/t42-/m0/s1. The Morgan fingerprint density at radius 1 is 0.373 bits per heavy atom. The van der Waals surface area contributed by atoms with Crippen LogP contribution >= 0.6 is 0 Å². The summed E-state index contributed by atoms with van der Waals surface area (Å²) in [6.07, 6.45) is 35.2. The van der Waals surface area contributed by atoms with E-state index < -0.39 is 6.10 Å². The molecule has 0 saturated carbocycles. The first-order valence-corrected chi connectivity index (χ1v) is 22.2. The van der Waals surface area contributed by atoms with Crippen molar-refractivity contribution < 1.29 is 28.6 Å². The predicted octanol–water partition coefficient (Wildman–Crippen LogP) is 13.8. The fraction of sp³-hybridized carbons (Fsp3) is 0.933. The van der Waals surface area contributed by atoms with Gasteiger partial charge in [-0.25, -0.2) is 0 Å². The Hall–Kier alpha value is -1.59. The van der Waals surface area contributed by atoms with Crippen LogP contribution < -0.4 is 0 Å². The van der Waals surface area contributed by atoms with Crippen molar-refractivity contribution in [3.8, 4) is 0 Å². The molecule has 6 nitrogen and oxygen atoms in total. The highest BCUT2D eigenvalue weighted by molar-refractivity contribution is 5.71. The summed E-state index contributed by atoms with van der Waals surface area (Å²) >= 11 is 0. The van der Waals surface area contributed by atoms with Crippen LogP contribution in [0.2, 0.25) is 0 Å². The van der Waals surface area contributed by atoms with E-state index in [9.17, 15) is 14.4 Å². The molecule has 0 radical (unpaired) electrons. The number of carbonyl (C=O) groups excluding carboxylic acids is 3. The molecule has 0 aliphatic carbocycles. The van der Waals surface area contributed by atoms with E-state index in [0.717, 1.165) is 69.6 Å². The topological polar surface area (TPSA) is 78.9 Å². The van der Waals surface area contributed by atoms with Gasteiger partial charge in [-0.05, 0) is 31.1 Å². The monoisotopic (exact) mass is 723 g/mol. The number of unbranched alkanes of at least 4 members (excludes halogenated alkanes) is 24. The third-order valence-electron chi connectivity index (χ3n) is 9.97. The van der Waals surface area contributed by atoms with Gasteiger partial charge in [-0.15, -0.1) is 0 Å². The highest BCUT2D eigenvalue weighted by atomic mass is 16.6. The van der Waals surface area contributed by atoms with Crippen LogP contribution in [0.1, 0.15) is 240 Å². The maximum Gasteiger partial charge on any atom is 0.306 e. The van der Waals surface area contributed by atoms with Crippen molar-refractivity contribution in [1.82, 2.24) is 0 Å². The van der Waals surface area contributed by atoms with Gasteiger partial charge in [0.1, 0.15) is 13.2 Å². The highest BCUT2D eigenvalue weighted by Crippen LogP contribution is 2.16. The summed E-state index contributed by atoms with van der Waals surface area (Å²) in [5, 5.41) is 0. The summed E-state index contributed by atoms with van der Waals surface area (Å²) in [5.74, 6) is 0.749. The third kappa shape index (κ3) is 39.5. The van der Waals surface area contributed by atoms with Crippen LogP contribution in [0.25, 0.3) is 0 Å². The van der Waals surface area contributed by atoms with Crippen molar-refractivity contribution in [3.05, 3.63) is 0 Å². The van der Waals surface area contributed by atoms with Gasteiger partial charge < -0.3 is 14.2 Å². The smallest absolute Gasteiger partial charge is 0.306 e. The lowest BCUT2D eigenvalue weighted by Gasteiger charge is -2.18. The average Bonchev–Trinajstić information content (AvgIpc) is 3.09. The minimum atomic E-state index is -0.760. The Labute approximate surface area is 317 Å². The maximum atomic E-state index is 12.7. The van der Waals surface area contributed by atoms with E-state index in [2.05, 4.69) is 34.6 Å². The van der Waals surface area contributed by atoms with Gasteiger partial charge in [0.05, 0.1) is 0 Å². The van der Waals surface area contributed by atoms with Crippen molar-refractivity contribution in [1.29, 1.82) is 0 Å². The van der Waals surface area contributed by atoms with E-state index in [-0.39, 0.29) is 31.1 Å². The molecule has 0 unspecified atom stereocenters. The quantitative estimate of drug-likeness (QED) is 0.0357. The number of rotatable bonds is 39. The number of hydrogen-bond donors (Lipinski definition) is 0. The summed E-state index contributed by atoms with van der Waals surface area (Å²) in [6.45, 7) is 11.3. The molecule has 6 heteroatoms. The Morgan fingerprint density at radius 3 is 0.961 bits per heavy atom. The molecule has 0 fully saturated rings. The molecule has 0 heterocycles. The first-order chi connectivity index (χ1) is 24.7. The van der Waals surface area contributed by atoms with Crippen LogP contribution in [0.4, 0.5) is 0 Å². The maximum absolute atomic E-state index is 12.7. The van der Waals surface area contributed by atoms with Crippen molar-refractivity contribution >= 4 is 17.9 Å². The Bertz CT molecular complexity index is 779. The first kappa shape index (κ1) is 49.4. The highest BCUT2D eigenvalue weighted by Gasteiger charge is 2.19. The normalized spacial score (nSPS) is 12.1. The minimum absolute atomic E-state index is 0.0656. The van der Waals surface area contributed by atoms with Crippen LogP contribution in [0.5, 0.6) is 0 Å². The van der Waals surface area contributed by atoms with E-state index in [4.69, 9.17) is 14.2 Å². The van der Waals surface area contributed by atoms with Gasteiger partial charge in [-0.2, -0.15) is 0 Å². The first-order valence-electron chi connectivity index (χ1n) is 22.2. The fourth-order valence-corrected chi connectivity index (χ4v) is 6.58. The van der Waals surface area contributed by atoms with Crippen molar-refractivity contribution in [2.75, 3.05) is 13.2 Å². The van der Waals surface area contributed by atoms with Crippen molar-refractivity contribution in [2.24, 2.45) is 11.8 Å². The number of carbonyl (C=O) groups is 3.